The van der Waals surface area contributed by atoms with Crippen LogP contribution in [-0.4, -0.2) is 15.7 Å². The fourth-order valence-corrected chi connectivity index (χ4v) is 3.85. The number of carbonyl (C=O) groups excluding carboxylic acids is 1. The van der Waals surface area contributed by atoms with Gasteiger partial charge < -0.3 is 5.32 Å². The number of amides is 1. The molecule has 0 fully saturated rings. The van der Waals surface area contributed by atoms with Gasteiger partial charge in [0.15, 0.2) is 0 Å². The zero-order valence-electron chi connectivity index (χ0n) is 15.8. The van der Waals surface area contributed by atoms with Crippen molar-refractivity contribution >= 4 is 28.8 Å². The first-order valence-electron chi connectivity index (χ1n) is 9.12. The van der Waals surface area contributed by atoms with Crippen LogP contribution in [-0.2, 0) is 6.54 Å². The Labute approximate surface area is 169 Å². The van der Waals surface area contributed by atoms with Gasteiger partial charge in [-0.15, -0.1) is 11.3 Å². The van der Waals surface area contributed by atoms with Crippen molar-refractivity contribution in [1.82, 2.24) is 15.1 Å². The number of hydrogen-bond donors (Lipinski definition) is 1. The second-order valence-corrected chi connectivity index (χ2v) is 8.19. The summed E-state index contributed by atoms with van der Waals surface area (Å²) in [6.45, 7) is 7.03. The normalized spacial score (nSPS) is 13.3. The maximum atomic E-state index is 12.6. The summed E-state index contributed by atoms with van der Waals surface area (Å²) in [5.41, 5.74) is 3.48. The Kier molecular flexibility index (Phi) is 6.34. The molecule has 0 radical (unpaired) electrons. The van der Waals surface area contributed by atoms with Gasteiger partial charge in [-0.2, -0.15) is 5.10 Å². The molecule has 1 N–H and O–H groups in total. The van der Waals surface area contributed by atoms with E-state index in [0.29, 0.717) is 22.4 Å². The largest absolute Gasteiger partial charge is 0.345 e. The maximum Gasteiger partial charge on any atom is 0.261 e. The predicted molar refractivity (Wildman–Crippen MR) is 112 cm³/mol. The second kappa shape index (κ2) is 8.72. The van der Waals surface area contributed by atoms with Crippen LogP contribution in [0.5, 0.6) is 0 Å². The highest BCUT2D eigenvalue weighted by Gasteiger charge is 2.14. The second-order valence-electron chi connectivity index (χ2n) is 6.85. The lowest BCUT2D eigenvalue weighted by Crippen LogP contribution is -2.25. The van der Waals surface area contributed by atoms with Gasteiger partial charge in [-0.25, -0.2) is 0 Å². The Morgan fingerprint density at radius 3 is 2.59 bits per heavy atom. The van der Waals surface area contributed by atoms with Gasteiger partial charge in [-0.1, -0.05) is 49.7 Å². The lowest BCUT2D eigenvalue weighted by molar-refractivity contribution is 0.0944. The van der Waals surface area contributed by atoms with Crippen LogP contribution in [0.3, 0.4) is 0 Å². The van der Waals surface area contributed by atoms with Crippen molar-refractivity contribution < 1.29 is 4.79 Å². The van der Waals surface area contributed by atoms with E-state index in [1.165, 1.54) is 16.9 Å². The van der Waals surface area contributed by atoms with Crippen LogP contribution in [0.4, 0.5) is 0 Å². The van der Waals surface area contributed by atoms with Crippen LogP contribution >= 0.6 is 22.9 Å². The average Bonchev–Trinajstić information content (AvgIpc) is 3.30. The SMILES string of the molecule is CCC(C)c1ccc(C(C)NC(=O)c2cc(Cn3cc(Cl)cn3)cs2)cc1. The molecule has 0 saturated carbocycles. The molecule has 0 aliphatic carbocycles. The van der Waals surface area contributed by atoms with Crippen LogP contribution in [0.2, 0.25) is 5.02 Å². The minimum absolute atomic E-state index is 0.0426. The molecule has 0 saturated heterocycles. The summed E-state index contributed by atoms with van der Waals surface area (Å²) in [6, 6.07) is 10.4. The number of nitrogens with one attached hydrogen (secondary N) is 1. The molecule has 6 heteroatoms. The zero-order valence-corrected chi connectivity index (χ0v) is 17.3. The third-order valence-corrected chi connectivity index (χ3v) is 5.96. The molecule has 2 unspecified atom stereocenters. The Bertz CT molecular complexity index is 900. The van der Waals surface area contributed by atoms with E-state index in [9.17, 15) is 4.79 Å². The fraction of sp³-hybridized carbons (Fsp3) is 0.333. The van der Waals surface area contributed by atoms with Gasteiger partial charge in [0.25, 0.3) is 5.91 Å². The molecule has 3 aromatic rings. The van der Waals surface area contributed by atoms with E-state index in [2.05, 4.69) is 48.5 Å². The summed E-state index contributed by atoms with van der Waals surface area (Å²) in [5.74, 6) is 0.501. The van der Waals surface area contributed by atoms with Gasteiger partial charge in [0, 0.05) is 6.20 Å². The molecule has 1 amide bonds. The van der Waals surface area contributed by atoms with Crippen molar-refractivity contribution in [2.24, 2.45) is 0 Å². The van der Waals surface area contributed by atoms with E-state index in [1.54, 1.807) is 17.1 Å². The van der Waals surface area contributed by atoms with Crippen LogP contribution in [0, 0.1) is 0 Å². The van der Waals surface area contributed by atoms with Gasteiger partial charge in [-0.3, -0.25) is 9.48 Å². The van der Waals surface area contributed by atoms with Crippen LogP contribution in [0.15, 0.2) is 48.1 Å². The van der Waals surface area contributed by atoms with Gasteiger partial charge in [0.2, 0.25) is 0 Å². The first-order chi connectivity index (χ1) is 13.0. The van der Waals surface area contributed by atoms with Crippen LogP contribution in [0.1, 0.15) is 65.5 Å². The highest BCUT2D eigenvalue weighted by molar-refractivity contribution is 7.12. The quantitative estimate of drug-likeness (QED) is 0.556. The Hall–Kier alpha value is -2.11. The molecule has 2 heterocycles. The van der Waals surface area contributed by atoms with E-state index >= 15 is 0 Å². The molecule has 2 aromatic heterocycles. The van der Waals surface area contributed by atoms with Gasteiger partial charge in [-0.05, 0) is 47.4 Å². The van der Waals surface area contributed by atoms with Gasteiger partial charge in [0.1, 0.15) is 0 Å². The van der Waals surface area contributed by atoms with Crippen molar-refractivity contribution in [3.05, 3.63) is 74.7 Å². The number of carbonyl (C=O) groups is 1. The standard InChI is InChI=1S/C21H24ClN3OS/c1-4-14(2)17-5-7-18(8-6-17)15(3)24-21(26)20-9-16(13-27-20)11-25-12-19(22)10-23-25/h5-10,12-15H,4,11H2,1-3H3,(H,24,26). The van der Waals surface area contributed by atoms with E-state index in [4.69, 9.17) is 11.6 Å². The smallest absolute Gasteiger partial charge is 0.261 e. The number of halogens is 1. The summed E-state index contributed by atoms with van der Waals surface area (Å²) in [4.78, 5) is 13.3. The van der Waals surface area contributed by atoms with E-state index < -0.39 is 0 Å². The molecular formula is C21H24ClN3OS. The fourth-order valence-electron chi connectivity index (χ4n) is 2.89. The number of benzene rings is 1. The molecule has 3 rings (SSSR count). The monoisotopic (exact) mass is 401 g/mol. The molecular weight excluding hydrogens is 378 g/mol. The molecule has 0 aliphatic rings. The highest BCUT2D eigenvalue weighted by Crippen LogP contribution is 2.22. The average molecular weight is 402 g/mol. The topological polar surface area (TPSA) is 46.9 Å². The van der Waals surface area contributed by atoms with Crippen molar-refractivity contribution in [3.63, 3.8) is 0 Å². The van der Waals surface area contributed by atoms with Gasteiger partial charge in [0.05, 0.1) is 28.7 Å². The number of hydrogen-bond acceptors (Lipinski definition) is 3. The third-order valence-electron chi connectivity index (χ3n) is 4.79. The zero-order chi connectivity index (χ0) is 19.4. The summed E-state index contributed by atoms with van der Waals surface area (Å²) in [5, 5.41) is 9.84. The minimum Gasteiger partial charge on any atom is -0.345 e. The van der Waals surface area contributed by atoms with Crippen molar-refractivity contribution in [3.8, 4) is 0 Å². The van der Waals surface area contributed by atoms with Crippen LogP contribution < -0.4 is 5.32 Å². The van der Waals surface area contributed by atoms with E-state index in [0.717, 1.165) is 17.5 Å². The molecule has 0 bridgehead atoms. The molecule has 0 spiro atoms. The number of nitrogens with zero attached hydrogens (tertiary/aromatic N) is 2. The third kappa shape index (κ3) is 4.99. The summed E-state index contributed by atoms with van der Waals surface area (Å²) >= 11 is 7.33. The van der Waals surface area contributed by atoms with Crippen molar-refractivity contribution in [1.29, 1.82) is 0 Å². The Morgan fingerprint density at radius 2 is 1.96 bits per heavy atom. The minimum atomic E-state index is -0.0525. The Morgan fingerprint density at radius 1 is 1.26 bits per heavy atom. The predicted octanol–water partition coefficient (Wildman–Crippen LogP) is 5.65. The van der Waals surface area contributed by atoms with E-state index in [1.807, 2.05) is 18.4 Å². The summed E-state index contributed by atoms with van der Waals surface area (Å²) < 4.78 is 1.76. The Balaban J connectivity index is 1.61. The molecule has 142 valence electrons. The number of rotatable bonds is 7. The molecule has 0 aliphatic heterocycles. The van der Waals surface area contributed by atoms with Gasteiger partial charge >= 0.3 is 0 Å². The molecule has 27 heavy (non-hydrogen) atoms. The van der Waals surface area contributed by atoms with Crippen molar-refractivity contribution in [2.45, 2.75) is 45.7 Å². The molecule has 2 atom stereocenters. The molecule has 1 aromatic carbocycles. The lowest BCUT2D eigenvalue weighted by atomic mass is 9.96. The molecule has 4 nitrogen and oxygen atoms in total. The maximum absolute atomic E-state index is 12.6. The highest BCUT2D eigenvalue weighted by atomic mass is 35.5. The lowest BCUT2D eigenvalue weighted by Gasteiger charge is -2.15. The number of aromatic nitrogens is 2. The first kappa shape index (κ1) is 19.6. The first-order valence-corrected chi connectivity index (χ1v) is 10.4. The van der Waals surface area contributed by atoms with Crippen LogP contribution in [0.25, 0.3) is 0 Å². The number of thiophene rings is 1. The van der Waals surface area contributed by atoms with Crippen molar-refractivity contribution in [2.75, 3.05) is 0 Å². The van der Waals surface area contributed by atoms with E-state index in [-0.39, 0.29) is 11.9 Å². The summed E-state index contributed by atoms with van der Waals surface area (Å²) in [7, 11) is 0. The summed E-state index contributed by atoms with van der Waals surface area (Å²) in [6.07, 6.45) is 4.50.